The van der Waals surface area contributed by atoms with Crippen molar-refractivity contribution >= 4 is 54.5 Å². The Labute approximate surface area is 161 Å². The first kappa shape index (κ1) is 20.8. The Balaban J connectivity index is 2.37. The minimum absolute atomic E-state index is 0.176. The third-order valence-electron chi connectivity index (χ3n) is 3.50. The van der Waals surface area contributed by atoms with Gasteiger partial charge in [-0.25, -0.2) is 8.42 Å². The largest absolute Gasteiger partial charge is 0.503 e. The summed E-state index contributed by atoms with van der Waals surface area (Å²) in [4.78, 5) is 0. The molecule has 0 aliphatic carbocycles. The van der Waals surface area contributed by atoms with Gasteiger partial charge in [-0.1, -0.05) is 25.4 Å². The van der Waals surface area contributed by atoms with Crippen LogP contribution < -0.4 is 9.44 Å². The van der Waals surface area contributed by atoms with Gasteiger partial charge >= 0.3 is 10.2 Å². The summed E-state index contributed by atoms with van der Waals surface area (Å²) in [5.41, 5.74) is -0.0901. The highest BCUT2D eigenvalue weighted by Crippen LogP contribution is 2.36. The molecule has 0 saturated heterocycles. The van der Waals surface area contributed by atoms with Gasteiger partial charge in [-0.2, -0.15) is 12.7 Å². The van der Waals surface area contributed by atoms with E-state index >= 15 is 0 Å². The fourth-order valence-electron chi connectivity index (χ4n) is 2.34. The molecular formula is C13H19ClN4O5S3. The lowest BCUT2D eigenvalue weighted by Gasteiger charge is -2.18. The SMILES string of the molecule is CCN(CC)S(=O)(=O)c1c(O)c(NS(=O)(=O)Nc2ccsc2Cl)cn1C. The van der Waals surface area contributed by atoms with Gasteiger partial charge in [0, 0.05) is 26.3 Å². The Morgan fingerprint density at radius 1 is 1.19 bits per heavy atom. The molecule has 146 valence electrons. The van der Waals surface area contributed by atoms with Crippen molar-refractivity contribution in [2.75, 3.05) is 22.5 Å². The second-order valence-corrected chi connectivity index (χ2v) is 10.00. The molecular weight excluding hydrogens is 424 g/mol. The zero-order valence-electron chi connectivity index (χ0n) is 14.2. The Kier molecular flexibility index (Phi) is 6.13. The van der Waals surface area contributed by atoms with Crippen molar-refractivity contribution in [3.8, 4) is 5.75 Å². The highest BCUT2D eigenvalue weighted by molar-refractivity contribution is 7.94. The lowest BCUT2D eigenvalue weighted by Crippen LogP contribution is -2.31. The lowest BCUT2D eigenvalue weighted by molar-refractivity contribution is 0.421. The topological polar surface area (TPSA) is 121 Å². The van der Waals surface area contributed by atoms with Crippen LogP contribution in [0.25, 0.3) is 0 Å². The first-order valence-corrected chi connectivity index (χ1v) is 11.6. The Morgan fingerprint density at radius 3 is 2.27 bits per heavy atom. The molecule has 2 aromatic rings. The summed E-state index contributed by atoms with van der Waals surface area (Å²) in [7, 11) is -6.72. The molecule has 0 amide bonds. The van der Waals surface area contributed by atoms with E-state index in [1.807, 2.05) is 0 Å². The highest BCUT2D eigenvalue weighted by Gasteiger charge is 2.31. The number of aryl methyl sites for hydroxylation is 1. The Morgan fingerprint density at radius 2 is 1.77 bits per heavy atom. The van der Waals surface area contributed by atoms with Crippen molar-refractivity contribution in [2.45, 2.75) is 18.9 Å². The van der Waals surface area contributed by atoms with Gasteiger partial charge in [-0.3, -0.25) is 9.44 Å². The van der Waals surface area contributed by atoms with Gasteiger partial charge < -0.3 is 9.67 Å². The van der Waals surface area contributed by atoms with Crippen LogP contribution >= 0.6 is 22.9 Å². The molecule has 2 aromatic heterocycles. The van der Waals surface area contributed by atoms with Crippen LogP contribution in [0.5, 0.6) is 5.75 Å². The number of aromatic nitrogens is 1. The van der Waals surface area contributed by atoms with E-state index in [9.17, 15) is 21.9 Å². The van der Waals surface area contributed by atoms with E-state index in [4.69, 9.17) is 11.6 Å². The van der Waals surface area contributed by atoms with Crippen LogP contribution in [0.3, 0.4) is 0 Å². The van der Waals surface area contributed by atoms with Crippen LogP contribution in [0.2, 0.25) is 4.34 Å². The number of nitrogens with one attached hydrogen (secondary N) is 2. The molecule has 0 bridgehead atoms. The summed E-state index contributed by atoms with van der Waals surface area (Å²) in [6.45, 7) is 3.75. The van der Waals surface area contributed by atoms with Gasteiger partial charge in [-0.15, -0.1) is 11.3 Å². The number of rotatable bonds is 8. The van der Waals surface area contributed by atoms with Gasteiger partial charge in [0.2, 0.25) is 0 Å². The molecule has 0 aliphatic heterocycles. The highest BCUT2D eigenvalue weighted by atomic mass is 35.5. The minimum atomic E-state index is -4.14. The summed E-state index contributed by atoms with van der Waals surface area (Å²) in [6.07, 6.45) is 1.18. The first-order chi connectivity index (χ1) is 12.0. The van der Waals surface area contributed by atoms with Crippen molar-refractivity contribution in [2.24, 2.45) is 7.05 Å². The van der Waals surface area contributed by atoms with E-state index in [0.717, 1.165) is 20.2 Å². The fourth-order valence-corrected chi connectivity index (χ4v) is 5.94. The van der Waals surface area contributed by atoms with Crippen LogP contribution in [0.15, 0.2) is 22.7 Å². The summed E-state index contributed by atoms with van der Waals surface area (Å²) in [5.74, 6) is -0.679. The monoisotopic (exact) mass is 442 g/mol. The third-order valence-corrected chi connectivity index (χ3v) is 7.81. The zero-order chi connectivity index (χ0) is 19.7. The summed E-state index contributed by atoms with van der Waals surface area (Å²) in [5, 5.41) is 11.5. The minimum Gasteiger partial charge on any atom is -0.503 e. The molecule has 2 rings (SSSR count). The first-order valence-electron chi connectivity index (χ1n) is 7.45. The number of anilines is 2. The summed E-state index contributed by atoms with van der Waals surface area (Å²) in [6, 6.07) is 1.48. The van der Waals surface area contributed by atoms with Gasteiger partial charge in [0.25, 0.3) is 10.0 Å². The van der Waals surface area contributed by atoms with Gasteiger partial charge in [-0.05, 0) is 11.4 Å². The number of thiophene rings is 1. The normalized spacial score (nSPS) is 12.5. The number of aromatic hydroxyl groups is 1. The molecule has 0 aliphatic rings. The maximum Gasteiger partial charge on any atom is 0.321 e. The van der Waals surface area contributed by atoms with Crippen molar-refractivity contribution < 1.29 is 21.9 Å². The van der Waals surface area contributed by atoms with Gasteiger partial charge in [0.05, 0.1) is 5.69 Å². The molecule has 0 aromatic carbocycles. The van der Waals surface area contributed by atoms with E-state index in [1.54, 1.807) is 19.2 Å². The van der Waals surface area contributed by atoms with Crippen LogP contribution in [0.4, 0.5) is 11.4 Å². The van der Waals surface area contributed by atoms with Crippen LogP contribution in [-0.4, -0.2) is 43.9 Å². The van der Waals surface area contributed by atoms with Crippen molar-refractivity contribution in [3.63, 3.8) is 0 Å². The lowest BCUT2D eigenvalue weighted by atomic mass is 10.5. The predicted octanol–water partition coefficient (Wildman–Crippen LogP) is 2.24. The summed E-state index contributed by atoms with van der Waals surface area (Å²) >= 11 is 7.01. The third kappa shape index (κ3) is 4.09. The number of nitrogens with zero attached hydrogens (tertiary/aromatic N) is 2. The Hall–Kier alpha value is -1.47. The average Bonchev–Trinajstić information content (AvgIpc) is 3.03. The van der Waals surface area contributed by atoms with Gasteiger partial charge in [0.15, 0.2) is 10.8 Å². The predicted molar refractivity (Wildman–Crippen MR) is 103 cm³/mol. The second kappa shape index (κ2) is 7.64. The molecule has 0 radical (unpaired) electrons. The van der Waals surface area contributed by atoms with E-state index in [2.05, 4.69) is 9.44 Å². The molecule has 9 nitrogen and oxygen atoms in total. The van der Waals surface area contributed by atoms with E-state index in [-0.39, 0.29) is 28.8 Å². The number of sulfonamides is 1. The number of halogens is 1. The van der Waals surface area contributed by atoms with E-state index < -0.39 is 31.0 Å². The van der Waals surface area contributed by atoms with Gasteiger partial charge in [0.1, 0.15) is 10.0 Å². The standard InChI is InChI=1S/C13H19ClN4O5S3/c1-4-18(5-2)25(20,21)13-11(19)10(8-17(13)3)16-26(22,23)15-9-6-7-24-12(9)14/h6-8,15-16,19H,4-5H2,1-3H3. The fraction of sp³-hybridized carbons (Fsp3) is 0.385. The molecule has 2 heterocycles. The van der Waals surface area contributed by atoms with E-state index in [1.165, 1.54) is 19.3 Å². The van der Waals surface area contributed by atoms with Crippen molar-refractivity contribution in [3.05, 3.63) is 22.0 Å². The molecule has 0 spiro atoms. The maximum absolute atomic E-state index is 12.7. The van der Waals surface area contributed by atoms with Crippen LogP contribution in [-0.2, 0) is 27.3 Å². The molecule has 0 saturated carbocycles. The Bertz CT molecular complexity index is 993. The number of hydrogen-bond acceptors (Lipinski definition) is 6. The quantitative estimate of drug-likeness (QED) is 0.579. The molecule has 0 atom stereocenters. The molecule has 26 heavy (non-hydrogen) atoms. The average molecular weight is 443 g/mol. The van der Waals surface area contributed by atoms with Crippen LogP contribution in [0.1, 0.15) is 13.8 Å². The number of hydrogen-bond donors (Lipinski definition) is 3. The maximum atomic E-state index is 12.7. The zero-order valence-corrected chi connectivity index (χ0v) is 17.4. The molecule has 3 N–H and O–H groups in total. The second-order valence-electron chi connectivity index (χ2n) is 5.21. The smallest absolute Gasteiger partial charge is 0.321 e. The molecule has 0 fully saturated rings. The molecule has 13 heteroatoms. The van der Waals surface area contributed by atoms with E-state index in [0.29, 0.717) is 0 Å². The summed E-state index contributed by atoms with van der Waals surface area (Å²) < 4.78 is 56.7. The van der Waals surface area contributed by atoms with Crippen molar-refractivity contribution in [1.82, 2.24) is 8.87 Å². The van der Waals surface area contributed by atoms with Crippen molar-refractivity contribution in [1.29, 1.82) is 0 Å². The van der Waals surface area contributed by atoms with Crippen LogP contribution in [0, 0.1) is 0 Å². The molecule has 0 unspecified atom stereocenters.